The van der Waals surface area contributed by atoms with Crippen molar-refractivity contribution in [3.63, 3.8) is 0 Å². The maximum Gasteiger partial charge on any atom is 0.262 e. The second-order valence-electron chi connectivity index (χ2n) is 5.94. The fraction of sp³-hybridized carbons (Fsp3) is 0.0500. The number of fused-ring (bicyclic) bond motifs is 1. The number of para-hydroxylation sites is 1. The van der Waals surface area contributed by atoms with E-state index in [1.54, 1.807) is 12.3 Å². The smallest absolute Gasteiger partial charge is 0.262 e. The molecule has 4 rings (SSSR count). The van der Waals surface area contributed by atoms with Gasteiger partial charge in [-0.1, -0.05) is 48.5 Å². The van der Waals surface area contributed by atoms with Gasteiger partial charge in [0.2, 0.25) is 5.88 Å². The molecule has 5 nitrogen and oxygen atoms in total. The Morgan fingerprint density at radius 1 is 1.12 bits per heavy atom. The van der Waals surface area contributed by atoms with E-state index < -0.39 is 5.56 Å². The van der Waals surface area contributed by atoms with E-state index in [4.69, 9.17) is 12.2 Å². The quantitative estimate of drug-likeness (QED) is 0.695. The number of aromatic hydroxyl groups is 1. The Morgan fingerprint density at radius 3 is 2.65 bits per heavy atom. The van der Waals surface area contributed by atoms with Crippen LogP contribution in [0.5, 0.6) is 5.88 Å². The number of H-pyrrole nitrogens is 1. The zero-order valence-electron chi connectivity index (χ0n) is 13.7. The fourth-order valence-electron chi connectivity index (χ4n) is 2.93. The number of rotatable bonds is 3. The first-order valence-electron chi connectivity index (χ1n) is 8.08. The van der Waals surface area contributed by atoms with Crippen LogP contribution in [0, 0.1) is 4.77 Å². The highest BCUT2D eigenvalue weighted by molar-refractivity contribution is 7.71. The van der Waals surface area contributed by atoms with Gasteiger partial charge < -0.3 is 5.11 Å². The summed E-state index contributed by atoms with van der Waals surface area (Å²) in [4.78, 5) is 19.3. The minimum absolute atomic E-state index is 0.159. The van der Waals surface area contributed by atoms with Crippen molar-refractivity contribution in [2.75, 3.05) is 0 Å². The molecule has 0 amide bonds. The van der Waals surface area contributed by atoms with E-state index in [1.807, 2.05) is 54.6 Å². The van der Waals surface area contributed by atoms with E-state index in [-0.39, 0.29) is 16.2 Å². The third kappa shape index (κ3) is 2.91. The molecule has 0 aliphatic carbocycles. The van der Waals surface area contributed by atoms with Gasteiger partial charge in [-0.25, -0.2) is 0 Å². The lowest BCUT2D eigenvalue weighted by Gasteiger charge is -2.11. The summed E-state index contributed by atoms with van der Waals surface area (Å²) >= 11 is 5.23. The SMILES string of the molecule is O=c1[nH]c(=S)n(Cc2ccccc2)c(O)c1C=C1C=Nc2ccccc21. The summed E-state index contributed by atoms with van der Waals surface area (Å²) < 4.78 is 1.69. The summed E-state index contributed by atoms with van der Waals surface area (Å²) in [7, 11) is 0. The molecule has 2 N–H and O–H groups in total. The van der Waals surface area contributed by atoms with E-state index in [1.165, 1.54) is 4.57 Å². The molecule has 1 aromatic heterocycles. The standard InChI is InChI=1S/C20H15N3O2S/c24-18-16(10-14-11-21-17-9-5-4-8-15(14)17)19(25)23(20(26)22-18)12-13-6-2-1-3-7-13/h1-11,25H,12H2,(H,22,24,26). The van der Waals surface area contributed by atoms with Crippen molar-refractivity contribution in [3.8, 4) is 5.88 Å². The lowest BCUT2D eigenvalue weighted by atomic mass is 10.1. The monoisotopic (exact) mass is 361 g/mol. The molecule has 0 atom stereocenters. The van der Waals surface area contributed by atoms with Crippen molar-refractivity contribution < 1.29 is 5.11 Å². The summed E-state index contributed by atoms with van der Waals surface area (Å²) in [5.41, 5.74) is 3.23. The van der Waals surface area contributed by atoms with Gasteiger partial charge in [0.05, 0.1) is 12.2 Å². The van der Waals surface area contributed by atoms with Crippen LogP contribution in [0.3, 0.4) is 0 Å². The first-order chi connectivity index (χ1) is 12.6. The Balaban J connectivity index is 1.82. The minimum Gasteiger partial charge on any atom is -0.494 e. The number of allylic oxidation sites excluding steroid dienone is 1. The first-order valence-corrected chi connectivity index (χ1v) is 8.49. The maximum absolute atomic E-state index is 12.4. The average Bonchev–Trinajstić information content (AvgIpc) is 3.06. The molecule has 6 heteroatoms. The summed E-state index contributed by atoms with van der Waals surface area (Å²) in [5, 5.41) is 10.7. The Kier molecular flexibility index (Phi) is 4.10. The Morgan fingerprint density at radius 2 is 1.85 bits per heavy atom. The number of nitrogens with zero attached hydrogens (tertiary/aromatic N) is 2. The van der Waals surface area contributed by atoms with Crippen molar-refractivity contribution in [3.05, 3.63) is 86.4 Å². The van der Waals surface area contributed by atoms with Gasteiger partial charge >= 0.3 is 0 Å². The molecule has 0 unspecified atom stereocenters. The van der Waals surface area contributed by atoms with Crippen LogP contribution in [-0.2, 0) is 6.54 Å². The third-order valence-electron chi connectivity index (χ3n) is 4.25. The van der Waals surface area contributed by atoms with Crippen LogP contribution in [0.4, 0.5) is 5.69 Å². The number of hydrogen-bond acceptors (Lipinski definition) is 4. The van der Waals surface area contributed by atoms with Crippen LogP contribution in [0.25, 0.3) is 11.6 Å². The van der Waals surface area contributed by atoms with E-state index in [9.17, 15) is 9.90 Å². The molecule has 0 spiro atoms. The van der Waals surface area contributed by atoms with Crippen molar-refractivity contribution in [2.24, 2.45) is 4.99 Å². The van der Waals surface area contributed by atoms with Gasteiger partial charge in [0.15, 0.2) is 4.77 Å². The molecule has 128 valence electrons. The molecule has 0 saturated carbocycles. The fourth-order valence-corrected chi connectivity index (χ4v) is 3.17. The molecule has 2 aromatic carbocycles. The summed E-state index contributed by atoms with van der Waals surface area (Å²) in [6.45, 7) is 0.364. The minimum atomic E-state index is -0.429. The van der Waals surface area contributed by atoms with Crippen LogP contribution in [0.2, 0.25) is 0 Å². The molecule has 0 radical (unpaired) electrons. The zero-order chi connectivity index (χ0) is 18.1. The summed E-state index contributed by atoms with van der Waals surface area (Å²) in [6, 6.07) is 17.3. The first kappa shape index (κ1) is 16.2. The second kappa shape index (κ2) is 6.57. The van der Waals surface area contributed by atoms with Gasteiger partial charge in [-0.2, -0.15) is 0 Å². The van der Waals surface area contributed by atoms with Gasteiger partial charge in [-0.15, -0.1) is 0 Å². The van der Waals surface area contributed by atoms with Crippen LogP contribution in [0.15, 0.2) is 64.4 Å². The van der Waals surface area contributed by atoms with E-state index in [0.29, 0.717) is 6.54 Å². The molecule has 2 heterocycles. The average molecular weight is 361 g/mol. The molecule has 3 aromatic rings. The van der Waals surface area contributed by atoms with Gasteiger partial charge in [0, 0.05) is 17.4 Å². The number of aliphatic imine (C=N–C) groups is 1. The highest BCUT2D eigenvalue weighted by Gasteiger charge is 2.16. The highest BCUT2D eigenvalue weighted by Crippen LogP contribution is 2.32. The number of aromatic amines is 1. The van der Waals surface area contributed by atoms with Crippen LogP contribution in [-0.4, -0.2) is 20.9 Å². The number of nitrogens with one attached hydrogen (secondary N) is 1. The van der Waals surface area contributed by atoms with Crippen molar-refractivity contribution in [2.45, 2.75) is 6.54 Å². The largest absolute Gasteiger partial charge is 0.494 e. The predicted octanol–water partition coefficient (Wildman–Crippen LogP) is 3.92. The van der Waals surface area contributed by atoms with E-state index >= 15 is 0 Å². The molecular formula is C20H15N3O2S. The van der Waals surface area contributed by atoms with Crippen LogP contribution >= 0.6 is 12.2 Å². The Bertz CT molecular complexity index is 1160. The normalized spacial score (nSPS) is 13.9. The Hall–Kier alpha value is -3.25. The molecule has 26 heavy (non-hydrogen) atoms. The third-order valence-corrected chi connectivity index (χ3v) is 4.57. The number of hydrogen-bond donors (Lipinski definition) is 2. The number of benzene rings is 2. The van der Waals surface area contributed by atoms with Crippen molar-refractivity contribution in [1.29, 1.82) is 0 Å². The highest BCUT2D eigenvalue weighted by atomic mass is 32.1. The van der Waals surface area contributed by atoms with Gasteiger partial charge in [-0.3, -0.25) is 19.3 Å². The van der Waals surface area contributed by atoms with Crippen molar-refractivity contribution >= 4 is 35.8 Å². The maximum atomic E-state index is 12.4. The summed E-state index contributed by atoms with van der Waals surface area (Å²) in [5.74, 6) is -0.159. The molecule has 1 aliphatic heterocycles. The van der Waals surface area contributed by atoms with E-state index in [0.717, 1.165) is 22.4 Å². The number of aromatic nitrogens is 2. The topological polar surface area (TPSA) is 70.4 Å². The molecular weight excluding hydrogens is 346 g/mol. The molecule has 0 fully saturated rings. The molecule has 0 saturated heterocycles. The van der Waals surface area contributed by atoms with Gasteiger partial charge in [-0.05, 0) is 29.9 Å². The van der Waals surface area contributed by atoms with Crippen molar-refractivity contribution in [1.82, 2.24) is 9.55 Å². The summed E-state index contributed by atoms with van der Waals surface area (Å²) in [6.07, 6.45) is 3.33. The van der Waals surface area contributed by atoms with Crippen LogP contribution in [0.1, 0.15) is 16.7 Å². The van der Waals surface area contributed by atoms with E-state index in [2.05, 4.69) is 9.98 Å². The zero-order valence-corrected chi connectivity index (χ0v) is 14.5. The second-order valence-corrected chi connectivity index (χ2v) is 6.33. The molecule has 1 aliphatic rings. The lowest BCUT2D eigenvalue weighted by molar-refractivity contribution is 0.411. The van der Waals surface area contributed by atoms with Crippen LogP contribution < -0.4 is 5.56 Å². The molecule has 0 bridgehead atoms. The van der Waals surface area contributed by atoms with Gasteiger partial charge in [0.25, 0.3) is 5.56 Å². The predicted molar refractivity (Wildman–Crippen MR) is 106 cm³/mol. The lowest BCUT2D eigenvalue weighted by Crippen LogP contribution is -2.17. The Labute approximate surface area is 154 Å². The van der Waals surface area contributed by atoms with Gasteiger partial charge in [0.1, 0.15) is 5.56 Å².